The number of amides is 2. The second-order valence-electron chi connectivity index (χ2n) is 5.95. The summed E-state index contributed by atoms with van der Waals surface area (Å²) < 4.78 is 5.62. The first-order valence-electron chi connectivity index (χ1n) is 7.41. The summed E-state index contributed by atoms with van der Waals surface area (Å²) in [6.45, 7) is 6.08. The molecule has 0 bridgehead atoms. The molecule has 0 spiro atoms. The molecule has 0 aromatic rings. The van der Waals surface area contributed by atoms with Crippen molar-refractivity contribution in [3.8, 4) is 0 Å². The minimum Gasteiger partial charge on any atom is -0.375 e. The molecule has 2 amide bonds. The summed E-state index contributed by atoms with van der Waals surface area (Å²) in [5, 5.41) is 0. The molecule has 0 aromatic carbocycles. The first-order valence-corrected chi connectivity index (χ1v) is 8.40. The number of hydrogen-bond donors (Lipinski definition) is 0. The molecule has 3 rings (SSSR count). The Balaban J connectivity index is 1.73. The lowest BCUT2D eigenvalue weighted by Crippen LogP contribution is -2.55. The number of fused-ring (bicyclic) bond motifs is 1. The van der Waals surface area contributed by atoms with E-state index in [1.54, 1.807) is 11.8 Å². The quantitative estimate of drug-likeness (QED) is 0.765. The third-order valence-corrected chi connectivity index (χ3v) is 6.14. The molecule has 0 radical (unpaired) electrons. The monoisotopic (exact) mass is 298 g/mol. The van der Waals surface area contributed by atoms with E-state index in [1.807, 2.05) is 9.80 Å². The Labute approximate surface area is 124 Å². The molecule has 3 fully saturated rings. The van der Waals surface area contributed by atoms with Crippen molar-refractivity contribution in [1.29, 1.82) is 0 Å². The average molecular weight is 298 g/mol. The summed E-state index contributed by atoms with van der Waals surface area (Å²) in [4.78, 5) is 28.4. The van der Waals surface area contributed by atoms with Crippen LogP contribution in [0.25, 0.3) is 0 Å². The Morgan fingerprint density at radius 1 is 1.55 bits per heavy atom. The molecule has 3 saturated heterocycles. The van der Waals surface area contributed by atoms with Crippen molar-refractivity contribution in [2.75, 3.05) is 25.4 Å². The molecule has 6 heteroatoms. The summed E-state index contributed by atoms with van der Waals surface area (Å²) in [7, 11) is 0. The molecular weight excluding hydrogens is 276 g/mol. The minimum absolute atomic E-state index is 0.109. The molecule has 20 heavy (non-hydrogen) atoms. The van der Waals surface area contributed by atoms with Gasteiger partial charge in [-0.05, 0) is 19.8 Å². The van der Waals surface area contributed by atoms with E-state index in [4.69, 9.17) is 4.74 Å². The van der Waals surface area contributed by atoms with E-state index in [9.17, 15) is 9.59 Å². The molecule has 0 aromatic heterocycles. The van der Waals surface area contributed by atoms with Crippen molar-refractivity contribution < 1.29 is 14.3 Å². The van der Waals surface area contributed by atoms with Crippen LogP contribution in [0, 0.1) is 0 Å². The van der Waals surface area contributed by atoms with E-state index in [-0.39, 0.29) is 28.8 Å². The van der Waals surface area contributed by atoms with Gasteiger partial charge in [0.2, 0.25) is 11.8 Å². The molecule has 3 aliphatic rings. The van der Waals surface area contributed by atoms with E-state index in [0.717, 1.165) is 18.6 Å². The van der Waals surface area contributed by atoms with Gasteiger partial charge in [0.1, 0.15) is 6.04 Å². The molecule has 3 atom stereocenters. The van der Waals surface area contributed by atoms with E-state index in [1.165, 1.54) is 0 Å². The van der Waals surface area contributed by atoms with E-state index in [0.29, 0.717) is 26.1 Å². The number of rotatable bonds is 2. The van der Waals surface area contributed by atoms with Gasteiger partial charge in [0.15, 0.2) is 0 Å². The van der Waals surface area contributed by atoms with Gasteiger partial charge in [-0.25, -0.2) is 0 Å². The van der Waals surface area contributed by atoms with Gasteiger partial charge in [-0.3, -0.25) is 9.59 Å². The SMILES string of the molecule is CC[C@@H]1CN(C(=O)[C@H]2CS[C@]3(C)CCC(=O)N23)CCO1. The topological polar surface area (TPSA) is 49.9 Å². The molecule has 3 aliphatic heterocycles. The van der Waals surface area contributed by atoms with Gasteiger partial charge in [-0.15, -0.1) is 11.8 Å². The lowest BCUT2D eigenvalue weighted by molar-refractivity contribution is -0.148. The molecule has 3 heterocycles. The molecule has 0 aliphatic carbocycles. The number of hydrogen-bond acceptors (Lipinski definition) is 4. The lowest BCUT2D eigenvalue weighted by Gasteiger charge is -2.37. The molecular formula is C14H22N2O3S. The number of carbonyl (C=O) groups is 2. The Morgan fingerprint density at radius 2 is 2.35 bits per heavy atom. The number of thioether (sulfide) groups is 1. The van der Waals surface area contributed by atoms with Gasteiger partial charge in [-0.2, -0.15) is 0 Å². The zero-order chi connectivity index (χ0) is 14.3. The van der Waals surface area contributed by atoms with Gasteiger partial charge in [0, 0.05) is 25.3 Å². The van der Waals surface area contributed by atoms with Crippen molar-refractivity contribution in [3.63, 3.8) is 0 Å². The Bertz CT molecular complexity index is 431. The zero-order valence-electron chi connectivity index (χ0n) is 12.1. The largest absolute Gasteiger partial charge is 0.375 e. The predicted molar refractivity (Wildman–Crippen MR) is 77.3 cm³/mol. The summed E-state index contributed by atoms with van der Waals surface area (Å²) in [5.41, 5.74) is 0. The third kappa shape index (κ3) is 2.22. The van der Waals surface area contributed by atoms with Crippen LogP contribution in [0.4, 0.5) is 0 Å². The lowest BCUT2D eigenvalue weighted by atomic mass is 10.1. The van der Waals surface area contributed by atoms with Crippen molar-refractivity contribution >= 4 is 23.6 Å². The third-order valence-electron chi connectivity index (χ3n) is 4.64. The maximum Gasteiger partial charge on any atom is 0.246 e. The summed E-state index contributed by atoms with van der Waals surface area (Å²) in [6.07, 6.45) is 2.50. The van der Waals surface area contributed by atoms with Crippen LogP contribution in [-0.2, 0) is 14.3 Å². The van der Waals surface area contributed by atoms with Gasteiger partial charge in [-0.1, -0.05) is 6.92 Å². The summed E-state index contributed by atoms with van der Waals surface area (Å²) in [5.74, 6) is 0.976. The zero-order valence-corrected chi connectivity index (χ0v) is 12.9. The Morgan fingerprint density at radius 3 is 3.10 bits per heavy atom. The number of ether oxygens (including phenoxy) is 1. The van der Waals surface area contributed by atoms with E-state index < -0.39 is 0 Å². The van der Waals surface area contributed by atoms with Gasteiger partial charge < -0.3 is 14.5 Å². The molecule has 0 unspecified atom stereocenters. The highest BCUT2D eigenvalue weighted by atomic mass is 32.2. The van der Waals surface area contributed by atoms with E-state index >= 15 is 0 Å². The predicted octanol–water partition coefficient (Wildman–Crippen LogP) is 1.08. The number of nitrogens with zero attached hydrogens (tertiary/aromatic N) is 2. The standard InChI is InChI=1S/C14H22N2O3S/c1-3-10-8-15(6-7-19-10)13(18)11-9-20-14(2)5-4-12(17)16(11)14/h10-11H,3-9H2,1-2H3/t10-,11-,14-/m1/s1. The normalized spacial score (nSPS) is 37.4. The van der Waals surface area contributed by atoms with Crippen molar-refractivity contribution in [3.05, 3.63) is 0 Å². The number of carbonyl (C=O) groups excluding carboxylic acids is 2. The Kier molecular flexibility index (Phi) is 3.71. The fraction of sp³-hybridized carbons (Fsp3) is 0.857. The van der Waals surface area contributed by atoms with Crippen LogP contribution in [-0.4, -0.2) is 64.1 Å². The van der Waals surface area contributed by atoms with Gasteiger partial charge in [0.05, 0.1) is 17.6 Å². The highest BCUT2D eigenvalue weighted by molar-refractivity contribution is 8.01. The van der Waals surface area contributed by atoms with Crippen LogP contribution in [0.1, 0.15) is 33.1 Å². The van der Waals surface area contributed by atoms with Crippen LogP contribution in [0.15, 0.2) is 0 Å². The van der Waals surface area contributed by atoms with E-state index in [2.05, 4.69) is 13.8 Å². The average Bonchev–Trinajstić information content (AvgIpc) is 2.95. The maximum absolute atomic E-state index is 12.8. The summed E-state index contributed by atoms with van der Waals surface area (Å²) in [6, 6.07) is -0.268. The molecule has 5 nitrogen and oxygen atoms in total. The van der Waals surface area contributed by atoms with Crippen LogP contribution >= 0.6 is 11.8 Å². The molecule has 0 saturated carbocycles. The number of morpholine rings is 1. The highest BCUT2D eigenvalue weighted by Gasteiger charge is 2.53. The first-order chi connectivity index (χ1) is 9.55. The minimum atomic E-state index is -0.268. The molecule has 112 valence electrons. The smallest absolute Gasteiger partial charge is 0.246 e. The second kappa shape index (κ2) is 5.22. The highest BCUT2D eigenvalue weighted by Crippen LogP contribution is 2.47. The van der Waals surface area contributed by atoms with Gasteiger partial charge >= 0.3 is 0 Å². The second-order valence-corrected chi connectivity index (χ2v) is 7.45. The van der Waals surface area contributed by atoms with Crippen LogP contribution in [0.2, 0.25) is 0 Å². The van der Waals surface area contributed by atoms with Crippen LogP contribution in [0.3, 0.4) is 0 Å². The van der Waals surface area contributed by atoms with Crippen molar-refractivity contribution in [2.24, 2.45) is 0 Å². The van der Waals surface area contributed by atoms with Crippen molar-refractivity contribution in [1.82, 2.24) is 9.80 Å². The van der Waals surface area contributed by atoms with Crippen LogP contribution < -0.4 is 0 Å². The summed E-state index contributed by atoms with van der Waals surface area (Å²) >= 11 is 1.75. The van der Waals surface area contributed by atoms with Crippen molar-refractivity contribution in [2.45, 2.75) is 50.1 Å². The maximum atomic E-state index is 12.8. The fourth-order valence-electron chi connectivity index (χ4n) is 3.38. The Hall–Kier alpha value is -0.750. The molecule has 0 N–H and O–H groups in total. The first kappa shape index (κ1) is 14.2. The van der Waals surface area contributed by atoms with Crippen LogP contribution in [0.5, 0.6) is 0 Å². The van der Waals surface area contributed by atoms with Gasteiger partial charge in [0.25, 0.3) is 0 Å². The fourth-order valence-corrected chi connectivity index (χ4v) is 4.80.